The van der Waals surface area contributed by atoms with Gasteiger partial charge >= 0.3 is 0 Å². The van der Waals surface area contributed by atoms with Crippen LogP contribution in [0.2, 0.25) is 0 Å². The maximum atomic E-state index is 12.3. The van der Waals surface area contributed by atoms with Crippen molar-refractivity contribution >= 4 is 33.1 Å². The highest BCUT2D eigenvalue weighted by molar-refractivity contribution is 7.16. The summed E-state index contributed by atoms with van der Waals surface area (Å²) in [7, 11) is 0. The Kier molecular flexibility index (Phi) is 6.24. The average molecular weight is 385 g/mol. The lowest BCUT2D eigenvalue weighted by Crippen LogP contribution is -2.40. The fourth-order valence-electron chi connectivity index (χ4n) is 2.79. The molecule has 3 rings (SSSR count). The van der Waals surface area contributed by atoms with Crippen LogP contribution in [-0.2, 0) is 11.3 Å². The lowest BCUT2D eigenvalue weighted by molar-refractivity contribution is -0.121. The first kappa shape index (κ1) is 19.1. The smallest absolute Gasteiger partial charge is 0.262 e. The molecule has 0 saturated carbocycles. The van der Waals surface area contributed by atoms with Crippen molar-refractivity contribution in [3.05, 3.63) is 58.5 Å². The van der Waals surface area contributed by atoms with E-state index in [4.69, 9.17) is 0 Å². The summed E-state index contributed by atoms with van der Waals surface area (Å²) in [6.07, 6.45) is 1.76. The number of aryl methyl sites for hydroxylation is 1. The van der Waals surface area contributed by atoms with E-state index in [-0.39, 0.29) is 23.9 Å². The molecule has 1 unspecified atom stereocenters. The molecule has 6 nitrogen and oxygen atoms in total. The first-order chi connectivity index (χ1) is 13.0. The number of rotatable bonds is 8. The molecule has 0 aliphatic carbocycles. The van der Waals surface area contributed by atoms with Gasteiger partial charge in [0.1, 0.15) is 4.83 Å². The third-order valence-corrected chi connectivity index (χ3v) is 5.30. The normalized spacial score (nSPS) is 12.3. The van der Waals surface area contributed by atoms with Crippen LogP contribution in [-0.4, -0.2) is 28.0 Å². The second-order valence-electron chi connectivity index (χ2n) is 6.80. The van der Waals surface area contributed by atoms with E-state index in [1.165, 1.54) is 22.2 Å². The number of anilines is 1. The fraction of sp³-hybridized carbons (Fsp3) is 0.350. The molecule has 0 radical (unpaired) electrons. The van der Waals surface area contributed by atoms with Crippen LogP contribution in [0.3, 0.4) is 0 Å². The van der Waals surface area contributed by atoms with E-state index in [1.54, 1.807) is 6.07 Å². The van der Waals surface area contributed by atoms with E-state index >= 15 is 0 Å². The number of nitrogens with zero attached hydrogens (tertiary/aromatic N) is 2. The van der Waals surface area contributed by atoms with Crippen molar-refractivity contribution < 1.29 is 4.79 Å². The molecule has 0 spiro atoms. The standard InChI is InChI=1S/C20H24N4O2S/c1-14(2)17(23-15-6-4-3-5-7-15)12-21-18(25)8-10-24-13-22-19-16(20(24)26)9-11-27-19/h3-7,9,11,13-14,17,23H,8,10,12H2,1-2H3,(H,21,25). The number of hydrogen-bond donors (Lipinski definition) is 2. The first-order valence-electron chi connectivity index (χ1n) is 9.05. The minimum absolute atomic E-state index is 0.0761. The summed E-state index contributed by atoms with van der Waals surface area (Å²) in [6, 6.07) is 11.9. The summed E-state index contributed by atoms with van der Waals surface area (Å²) in [5.41, 5.74) is 0.937. The minimum atomic E-state index is -0.0974. The zero-order chi connectivity index (χ0) is 19.2. The van der Waals surface area contributed by atoms with Gasteiger partial charge in [0.2, 0.25) is 5.91 Å². The summed E-state index contributed by atoms with van der Waals surface area (Å²) >= 11 is 1.44. The predicted octanol–water partition coefficient (Wildman–Crippen LogP) is 3.10. The molecular formula is C20H24N4O2S. The molecule has 27 heavy (non-hydrogen) atoms. The number of carbonyl (C=O) groups is 1. The quantitative estimate of drug-likeness (QED) is 0.626. The molecular weight excluding hydrogens is 360 g/mol. The summed E-state index contributed by atoms with van der Waals surface area (Å²) in [4.78, 5) is 29.6. The van der Waals surface area contributed by atoms with Crippen LogP contribution in [0.5, 0.6) is 0 Å². The predicted molar refractivity (Wildman–Crippen MR) is 110 cm³/mol. The number of para-hydroxylation sites is 1. The lowest BCUT2D eigenvalue weighted by Gasteiger charge is -2.24. The number of benzene rings is 1. The maximum absolute atomic E-state index is 12.3. The van der Waals surface area contributed by atoms with Gasteiger partial charge in [0, 0.05) is 31.2 Å². The van der Waals surface area contributed by atoms with Crippen molar-refractivity contribution in [3.8, 4) is 0 Å². The number of nitrogens with one attached hydrogen (secondary N) is 2. The number of fused-ring (bicyclic) bond motifs is 1. The molecule has 2 N–H and O–H groups in total. The summed E-state index contributed by atoms with van der Waals surface area (Å²) < 4.78 is 1.50. The van der Waals surface area contributed by atoms with Gasteiger partial charge in [0.15, 0.2) is 0 Å². The van der Waals surface area contributed by atoms with Crippen molar-refractivity contribution in [1.82, 2.24) is 14.9 Å². The fourth-order valence-corrected chi connectivity index (χ4v) is 3.51. The highest BCUT2D eigenvalue weighted by Gasteiger charge is 2.15. The number of carbonyl (C=O) groups excluding carboxylic acids is 1. The summed E-state index contributed by atoms with van der Waals surface area (Å²) in [5.74, 6) is 0.283. The zero-order valence-electron chi connectivity index (χ0n) is 15.5. The molecule has 7 heteroatoms. The highest BCUT2D eigenvalue weighted by Crippen LogP contribution is 2.13. The Morgan fingerprint density at radius 2 is 2.00 bits per heavy atom. The molecule has 2 heterocycles. The molecule has 142 valence electrons. The number of hydrogen-bond acceptors (Lipinski definition) is 5. The lowest BCUT2D eigenvalue weighted by atomic mass is 10.0. The van der Waals surface area contributed by atoms with E-state index in [0.717, 1.165) is 10.5 Å². The number of amides is 1. The van der Waals surface area contributed by atoms with Crippen molar-refractivity contribution in [2.45, 2.75) is 32.9 Å². The Balaban J connectivity index is 1.53. The van der Waals surface area contributed by atoms with Gasteiger partial charge in [-0.25, -0.2) is 4.98 Å². The summed E-state index contributed by atoms with van der Waals surface area (Å²) in [6.45, 7) is 5.09. The Morgan fingerprint density at radius 1 is 1.22 bits per heavy atom. The molecule has 0 fully saturated rings. The summed E-state index contributed by atoms with van der Waals surface area (Å²) in [5, 5.41) is 8.88. The van der Waals surface area contributed by atoms with Crippen LogP contribution >= 0.6 is 11.3 Å². The Labute approximate surface area is 162 Å². The van der Waals surface area contributed by atoms with Crippen LogP contribution in [0.1, 0.15) is 20.3 Å². The van der Waals surface area contributed by atoms with E-state index in [9.17, 15) is 9.59 Å². The van der Waals surface area contributed by atoms with Crippen LogP contribution in [0.25, 0.3) is 10.2 Å². The molecule has 1 amide bonds. The molecule has 1 aromatic carbocycles. The van der Waals surface area contributed by atoms with E-state index in [2.05, 4.69) is 29.5 Å². The largest absolute Gasteiger partial charge is 0.380 e. The molecule has 0 saturated heterocycles. The SMILES string of the molecule is CC(C)C(CNC(=O)CCn1cnc2sccc2c1=O)Nc1ccccc1. The second-order valence-corrected chi connectivity index (χ2v) is 7.69. The Bertz CT molecular complexity index is 949. The monoisotopic (exact) mass is 384 g/mol. The number of thiophene rings is 1. The molecule has 3 aromatic rings. The van der Waals surface area contributed by atoms with Crippen LogP contribution in [0.4, 0.5) is 5.69 Å². The van der Waals surface area contributed by atoms with Gasteiger partial charge in [0.05, 0.1) is 11.7 Å². The van der Waals surface area contributed by atoms with Crippen LogP contribution in [0.15, 0.2) is 52.9 Å². The second kappa shape index (κ2) is 8.81. The van der Waals surface area contributed by atoms with E-state index in [1.807, 2.05) is 35.7 Å². The van der Waals surface area contributed by atoms with Crippen LogP contribution in [0, 0.1) is 5.92 Å². The zero-order valence-corrected chi connectivity index (χ0v) is 16.3. The van der Waals surface area contributed by atoms with Gasteiger partial charge in [0.25, 0.3) is 5.56 Å². The van der Waals surface area contributed by atoms with Gasteiger partial charge in [-0.15, -0.1) is 11.3 Å². The van der Waals surface area contributed by atoms with E-state index < -0.39 is 0 Å². The van der Waals surface area contributed by atoms with Crippen molar-refractivity contribution in [1.29, 1.82) is 0 Å². The van der Waals surface area contributed by atoms with Crippen molar-refractivity contribution in [2.24, 2.45) is 5.92 Å². The third kappa shape index (κ3) is 4.95. The van der Waals surface area contributed by atoms with Gasteiger partial charge in [-0.2, -0.15) is 0 Å². The van der Waals surface area contributed by atoms with E-state index in [0.29, 0.717) is 24.4 Å². The molecule has 2 aromatic heterocycles. The van der Waals surface area contributed by atoms with Crippen molar-refractivity contribution in [3.63, 3.8) is 0 Å². The average Bonchev–Trinajstić information content (AvgIpc) is 3.15. The van der Waals surface area contributed by atoms with Crippen LogP contribution < -0.4 is 16.2 Å². The molecule has 1 atom stereocenters. The van der Waals surface area contributed by atoms with Crippen molar-refractivity contribution in [2.75, 3.05) is 11.9 Å². The Hall–Kier alpha value is -2.67. The maximum Gasteiger partial charge on any atom is 0.262 e. The van der Waals surface area contributed by atoms with Gasteiger partial charge in [-0.05, 0) is 29.5 Å². The molecule has 0 aliphatic rings. The molecule has 0 aliphatic heterocycles. The highest BCUT2D eigenvalue weighted by atomic mass is 32.1. The minimum Gasteiger partial charge on any atom is -0.380 e. The molecule has 0 bridgehead atoms. The Morgan fingerprint density at radius 3 is 2.74 bits per heavy atom. The van der Waals surface area contributed by atoms with Gasteiger partial charge in [-0.3, -0.25) is 14.2 Å². The van der Waals surface area contributed by atoms with Gasteiger partial charge in [-0.1, -0.05) is 32.0 Å². The topological polar surface area (TPSA) is 76.0 Å². The number of aromatic nitrogens is 2. The third-order valence-electron chi connectivity index (χ3n) is 4.48. The van der Waals surface area contributed by atoms with Gasteiger partial charge < -0.3 is 10.6 Å². The first-order valence-corrected chi connectivity index (χ1v) is 9.93.